The van der Waals surface area contributed by atoms with E-state index < -0.39 is 11.2 Å². The lowest BCUT2D eigenvalue weighted by Crippen LogP contribution is -2.33. The van der Waals surface area contributed by atoms with Crippen LogP contribution in [-0.2, 0) is 9.59 Å². The van der Waals surface area contributed by atoms with E-state index in [4.69, 9.17) is 0 Å². The smallest absolute Gasteiger partial charge is 0.337 e. The van der Waals surface area contributed by atoms with Crippen molar-refractivity contribution in [1.82, 2.24) is 4.90 Å². The van der Waals surface area contributed by atoms with Gasteiger partial charge in [-0.25, -0.2) is 9.79 Å². The normalized spacial score (nSPS) is 17.2. The molecule has 2 aromatic rings. The molecule has 1 heterocycles. The zero-order valence-electron chi connectivity index (χ0n) is 16.4. The quantitative estimate of drug-likeness (QED) is 0.659. The number of anilines is 1. The fourth-order valence-corrected chi connectivity index (χ4v) is 4.05. The Morgan fingerprint density at radius 1 is 1.23 bits per heavy atom. The molecule has 0 radical (unpaired) electrons. The minimum absolute atomic E-state index is 0.0232. The van der Waals surface area contributed by atoms with E-state index in [0.717, 1.165) is 17.3 Å². The average Bonchev–Trinajstić information content (AvgIpc) is 2.99. The second kappa shape index (κ2) is 9.41. The van der Waals surface area contributed by atoms with Gasteiger partial charge >= 0.3 is 5.97 Å². The second-order valence-corrected chi connectivity index (χ2v) is 7.85. The third-order valence-electron chi connectivity index (χ3n) is 4.39. The van der Waals surface area contributed by atoms with E-state index >= 15 is 0 Å². The van der Waals surface area contributed by atoms with Crippen LogP contribution in [0.3, 0.4) is 0 Å². The Morgan fingerprint density at radius 2 is 1.93 bits per heavy atom. The molecule has 2 N–H and O–H groups in total. The van der Waals surface area contributed by atoms with Crippen molar-refractivity contribution in [2.24, 2.45) is 4.99 Å². The molecule has 3 rings (SSSR count). The van der Waals surface area contributed by atoms with Crippen LogP contribution in [0.25, 0.3) is 0 Å². The van der Waals surface area contributed by atoms with Gasteiger partial charge in [0.1, 0.15) is 5.25 Å². The number of para-hydroxylation sites is 1. The molecule has 0 aromatic heterocycles. The molecule has 0 saturated carbocycles. The van der Waals surface area contributed by atoms with Crippen LogP contribution >= 0.6 is 11.8 Å². The summed E-state index contributed by atoms with van der Waals surface area (Å²) in [5.74, 6) is -1.64. The van der Waals surface area contributed by atoms with Crippen LogP contribution in [-0.4, -0.2) is 44.8 Å². The van der Waals surface area contributed by atoms with Crippen LogP contribution in [0.15, 0.2) is 66.2 Å². The molecule has 1 unspecified atom stereocenters. The summed E-state index contributed by atoms with van der Waals surface area (Å²) in [6.07, 6.45) is 1.54. The standard InChI is InChI=1S/C22H21N3O4S/c1-3-12-25-20(27)18(13-19(26)23-15-10-8-14(2)9-11-15)30-22(25)24-17-7-5-4-6-16(17)21(28)29/h3-11,18H,1,12-13H2,2H3,(H,23,26)(H,28,29). The molecule has 0 spiro atoms. The lowest BCUT2D eigenvalue weighted by molar-refractivity contribution is -0.127. The number of benzene rings is 2. The number of hydrogen-bond acceptors (Lipinski definition) is 5. The van der Waals surface area contributed by atoms with Crippen molar-refractivity contribution >= 4 is 46.1 Å². The van der Waals surface area contributed by atoms with Gasteiger partial charge in [0.05, 0.1) is 11.3 Å². The van der Waals surface area contributed by atoms with Gasteiger partial charge in [-0.05, 0) is 31.2 Å². The number of carboxylic acid groups (broad SMARTS) is 1. The first-order valence-corrected chi connectivity index (χ1v) is 10.1. The molecule has 7 nitrogen and oxygen atoms in total. The number of aliphatic imine (C=N–C) groups is 1. The molecule has 30 heavy (non-hydrogen) atoms. The molecule has 2 aromatic carbocycles. The number of carboxylic acids is 1. The number of amidine groups is 1. The molecule has 1 atom stereocenters. The Bertz CT molecular complexity index is 1020. The van der Waals surface area contributed by atoms with E-state index in [2.05, 4.69) is 16.9 Å². The molecule has 1 aliphatic heterocycles. The van der Waals surface area contributed by atoms with Gasteiger partial charge in [0, 0.05) is 18.7 Å². The molecule has 154 valence electrons. The van der Waals surface area contributed by atoms with Crippen molar-refractivity contribution in [2.75, 3.05) is 11.9 Å². The Hall–Kier alpha value is -3.39. The zero-order chi connectivity index (χ0) is 21.7. The maximum atomic E-state index is 12.8. The SMILES string of the molecule is C=CCN1C(=O)C(CC(=O)Nc2ccc(C)cc2)SC1=Nc1ccccc1C(=O)O. The van der Waals surface area contributed by atoms with Crippen molar-refractivity contribution in [2.45, 2.75) is 18.6 Å². The zero-order valence-corrected chi connectivity index (χ0v) is 17.2. The van der Waals surface area contributed by atoms with Crippen LogP contribution in [0.5, 0.6) is 0 Å². The minimum atomic E-state index is -1.10. The lowest BCUT2D eigenvalue weighted by Gasteiger charge is -2.14. The molecule has 1 saturated heterocycles. The van der Waals surface area contributed by atoms with E-state index in [1.807, 2.05) is 19.1 Å². The predicted molar refractivity (Wildman–Crippen MR) is 118 cm³/mol. The first kappa shape index (κ1) is 21.3. The highest BCUT2D eigenvalue weighted by Crippen LogP contribution is 2.32. The third kappa shape index (κ3) is 4.96. The fraction of sp³-hybridized carbons (Fsp3) is 0.182. The number of aryl methyl sites for hydroxylation is 1. The summed E-state index contributed by atoms with van der Waals surface area (Å²) in [6.45, 7) is 5.84. The molecule has 0 aliphatic carbocycles. The Balaban J connectivity index is 1.79. The molecule has 2 amide bonds. The van der Waals surface area contributed by atoms with E-state index in [0.29, 0.717) is 10.9 Å². The summed E-state index contributed by atoms with van der Waals surface area (Å²) in [5.41, 5.74) is 2.03. The summed E-state index contributed by atoms with van der Waals surface area (Å²) in [4.78, 5) is 42.5. The minimum Gasteiger partial charge on any atom is -0.478 e. The first-order chi connectivity index (χ1) is 14.4. The molecular formula is C22H21N3O4S. The van der Waals surface area contributed by atoms with E-state index in [1.165, 1.54) is 11.0 Å². The topological polar surface area (TPSA) is 99.1 Å². The number of carbonyl (C=O) groups excluding carboxylic acids is 2. The molecule has 1 aliphatic rings. The molecule has 8 heteroatoms. The molecule has 0 bridgehead atoms. The van der Waals surface area contributed by atoms with Crippen LogP contribution in [0.1, 0.15) is 22.3 Å². The fourth-order valence-electron chi connectivity index (χ4n) is 2.89. The van der Waals surface area contributed by atoms with Crippen LogP contribution in [0.2, 0.25) is 0 Å². The van der Waals surface area contributed by atoms with Crippen molar-refractivity contribution in [3.05, 3.63) is 72.3 Å². The Kier molecular flexibility index (Phi) is 6.68. The van der Waals surface area contributed by atoms with Crippen LogP contribution < -0.4 is 5.32 Å². The van der Waals surface area contributed by atoms with Gasteiger partial charge in [0.15, 0.2) is 5.17 Å². The highest BCUT2D eigenvalue weighted by molar-refractivity contribution is 8.15. The van der Waals surface area contributed by atoms with E-state index in [1.54, 1.807) is 36.4 Å². The largest absolute Gasteiger partial charge is 0.478 e. The average molecular weight is 423 g/mol. The highest BCUT2D eigenvalue weighted by atomic mass is 32.2. The van der Waals surface area contributed by atoms with Crippen molar-refractivity contribution in [3.8, 4) is 0 Å². The monoisotopic (exact) mass is 423 g/mol. The Morgan fingerprint density at radius 3 is 2.60 bits per heavy atom. The van der Waals surface area contributed by atoms with E-state index in [-0.39, 0.29) is 36.0 Å². The number of carbonyl (C=O) groups is 3. The third-order valence-corrected chi connectivity index (χ3v) is 5.56. The lowest BCUT2D eigenvalue weighted by atomic mass is 10.2. The maximum Gasteiger partial charge on any atom is 0.337 e. The summed E-state index contributed by atoms with van der Waals surface area (Å²) in [5, 5.41) is 11.9. The number of hydrogen-bond donors (Lipinski definition) is 2. The Labute approximate surface area is 178 Å². The summed E-state index contributed by atoms with van der Waals surface area (Å²) in [6, 6.07) is 13.7. The first-order valence-electron chi connectivity index (χ1n) is 9.25. The summed E-state index contributed by atoms with van der Waals surface area (Å²) in [7, 11) is 0. The highest BCUT2D eigenvalue weighted by Gasteiger charge is 2.38. The van der Waals surface area contributed by atoms with E-state index in [9.17, 15) is 19.5 Å². The van der Waals surface area contributed by atoms with Crippen LogP contribution in [0.4, 0.5) is 11.4 Å². The van der Waals surface area contributed by atoms with Gasteiger partial charge in [0.25, 0.3) is 0 Å². The van der Waals surface area contributed by atoms with Crippen molar-refractivity contribution < 1.29 is 19.5 Å². The van der Waals surface area contributed by atoms with Gasteiger partial charge in [-0.2, -0.15) is 0 Å². The second-order valence-electron chi connectivity index (χ2n) is 6.68. The number of nitrogens with one attached hydrogen (secondary N) is 1. The summed E-state index contributed by atoms with van der Waals surface area (Å²) < 4.78 is 0. The van der Waals surface area contributed by atoms with Gasteiger partial charge in [-0.1, -0.05) is 47.7 Å². The van der Waals surface area contributed by atoms with Crippen molar-refractivity contribution in [3.63, 3.8) is 0 Å². The van der Waals surface area contributed by atoms with Crippen molar-refractivity contribution in [1.29, 1.82) is 0 Å². The maximum absolute atomic E-state index is 12.8. The predicted octanol–water partition coefficient (Wildman–Crippen LogP) is 3.84. The number of nitrogens with zero attached hydrogens (tertiary/aromatic N) is 2. The molecular weight excluding hydrogens is 402 g/mol. The number of rotatable bonds is 7. The van der Waals surface area contributed by atoms with Gasteiger partial charge in [0.2, 0.25) is 11.8 Å². The number of thioether (sulfide) groups is 1. The number of aromatic carboxylic acids is 1. The van der Waals surface area contributed by atoms with Gasteiger partial charge < -0.3 is 10.4 Å². The van der Waals surface area contributed by atoms with Gasteiger partial charge in [-0.15, -0.1) is 6.58 Å². The molecule has 1 fully saturated rings. The number of amides is 2. The van der Waals surface area contributed by atoms with Crippen LogP contribution in [0, 0.1) is 6.92 Å². The van der Waals surface area contributed by atoms with Gasteiger partial charge in [-0.3, -0.25) is 14.5 Å². The summed E-state index contributed by atoms with van der Waals surface area (Å²) >= 11 is 1.15.